The molecule has 16 heavy (non-hydrogen) atoms. The number of ether oxygens (including phenoxy) is 1. The third kappa shape index (κ3) is 2.82. The van der Waals surface area contributed by atoms with Gasteiger partial charge < -0.3 is 15.6 Å². The van der Waals surface area contributed by atoms with Crippen molar-refractivity contribution in [2.75, 3.05) is 18.6 Å². The van der Waals surface area contributed by atoms with Gasteiger partial charge in [-0.1, -0.05) is 6.92 Å². The van der Waals surface area contributed by atoms with E-state index in [1.807, 2.05) is 6.92 Å². The van der Waals surface area contributed by atoms with Crippen molar-refractivity contribution in [3.8, 4) is 5.75 Å². The number of aromatic carboxylic acids is 1. The van der Waals surface area contributed by atoms with E-state index in [-0.39, 0.29) is 5.56 Å². The first kappa shape index (κ1) is 12.7. The number of nitrogen functional groups attached to an aromatic ring is 1. The molecule has 0 aromatic heterocycles. The van der Waals surface area contributed by atoms with Gasteiger partial charge in [-0.3, -0.25) is 0 Å². The van der Waals surface area contributed by atoms with Gasteiger partial charge in [0.25, 0.3) is 0 Å². The van der Waals surface area contributed by atoms with E-state index in [2.05, 4.69) is 0 Å². The molecule has 0 atom stereocenters. The predicted molar refractivity (Wildman–Crippen MR) is 66.2 cm³/mol. The molecule has 0 aliphatic rings. The highest BCUT2D eigenvalue weighted by Gasteiger charge is 2.14. The van der Waals surface area contributed by atoms with E-state index >= 15 is 0 Å². The molecule has 4 nitrogen and oxygen atoms in total. The lowest BCUT2D eigenvalue weighted by Gasteiger charge is -2.10. The zero-order valence-corrected chi connectivity index (χ0v) is 10.1. The van der Waals surface area contributed by atoms with E-state index in [1.54, 1.807) is 23.9 Å². The van der Waals surface area contributed by atoms with Gasteiger partial charge in [-0.15, -0.1) is 0 Å². The Balaban J connectivity index is 3.11. The number of hydrogen-bond donors (Lipinski definition) is 2. The Labute approximate surface area is 98.8 Å². The monoisotopic (exact) mass is 241 g/mol. The largest absolute Gasteiger partial charge is 0.496 e. The fourth-order valence-corrected chi connectivity index (χ4v) is 1.99. The summed E-state index contributed by atoms with van der Waals surface area (Å²) in [6.45, 7) is 2.04. The van der Waals surface area contributed by atoms with Crippen LogP contribution in [0.1, 0.15) is 22.8 Å². The third-order valence-corrected chi connectivity index (χ3v) is 3.08. The molecule has 0 aliphatic heterocycles. The lowest BCUT2D eigenvalue weighted by Crippen LogP contribution is -2.04. The average molecular weight is 241 g/mol. The van der Waals surface area contributed by atoms with E-state index in [1.165, 1.54) is 7.11 Å². The normalized spacial score (nSPS) is 10.1. The summed E-state index contributed by atoms with van der Waals surface area (Å²) in [7, 11) is 1.43. The fourth-order valence-electron chi connectivity index (χ4n) is 1.31. The number of hydrogen-bond acceptors (Lipinski definition) is 4. The molecule has 1 aromatic rings. The maximum Gasteiger partial charge on any atom is 0.339 e. The second-order valence-corrected chi connectivity index (χ2v) is 4.47. The van der Waals surface area contributed by atoms with Crippen LogP contribution in [0, 0.1) is 0 Å². The highest BCUT2D eigenvalue weighted by atomic mass is 32.2. The SMILES string of the molecule is CCSCc1cc(C(=O)O)c(OC)cc1N. The molecule has 1 aromatic carbocycles. The van der Waals surface area contributed by atoms with Crippen LogP contribution in [0.5, 0.6) is 5.75 Å². The summed E-state index contributed by atoms with van der Waals surface area (Å²) in [5, 5.41) is 9.01. The van der Waals surface area contributed by atoms with Crippen LogP contribution < -0.4 is 10.5 Å². The van der Waals surface area contributed by atoms with Gasteiger partial charge in [0.05, 0.1) is 7.11 Å². The molecule has 0 amide bonds. The Morgan fingerprint density at radius 2 is 2.25 bits per heavy atom. The lowest BCUT2D eigenvalue weighted by atomic mass is 10.1. The molecule has 0 saturated carbocycles. The maximum atomic E-state index is 11.0. The van der Waals surface area contributed by atoms with Crippen LogP contribution in [-0.4, -0.2) is 23.9 Å². The highest BCUT2D eigenvalue weighted by Crippen LogP contribution is 2.28. The van der Waals surface area contributed by atoms with Gasteiger partial charge in [0.1, 0.15) is 11.3 Å². The molecule has 0 radical (unpaired) electrons. The van der Waals surface area contributed by atoms with Gasteiger partial charge >= 0.3 is 5.97 Å². The summed E-state index contributed by atoms with van der Waals surface area (Å²) in [5.41, 5.74) is 7.39. The molecule has 0 saturated heterocycles. The van der Waals surface area contributed by atoms with Gasteiger partial charge in [-0.2, -0.15) is 11.8 Å². The Morgan fingerprint density at radius 1 is 1.56 bits per heavy atom. The molecule has 1 rings (SSSR count). The van der Waals surface area contributed by atoms with Crippen molar-refractivity contribution in [1.82, 2.24) is 0 Å². The van der Waals surface area contributed by atoms with Crippen LogP contribution in [0.2, 0.25) is 0 Å². The fraction of sp³-hybridized carbons (Fsp3) is 0.364. The zero-order valence-electron chi connectivity index (χ0n) is 9.32. The first-order valence-corrected chi connectivity index (χ1v) is 6.03. The lowest BCUT2D eigenvalue weighted by molar-refractivity contribution is 0.0693. The number of rotatable bonds is 5. The number of benzene rings is 1. The number of thioether (sulfide) groups is 1. The molecule has 0 spiro atoms. The van der Waals surface area contributed by atoms with Gasteiger partial charge in [-0.05, 0) is 17.4 Å². The topological polar surface area (TPSA) is 72.5 Å². The van der Waals surface area contributed by atoms with E-state index in [4.69, 9.17) is 15.6 Å². The molecule has 0 unspecified atom stereocenters. The highest BCUT2D eigenvalue weighted by molar-refractivity contribution is 7.98. The van der Waals surface area contributed by atoms with Crippen LogP contribution in [0.3, 0.4) is 0 Å². The Bertz CT molecular complexity index is 393. The second-order valence-electron chi connectivity index (χ2n) is 3.19. The first-order valence-electron chi connectivity index (χ1n) is 4.87. The van der Waals surface area contributed by atoms with Crippen molar-refractivity contribution in [3.63, 3.8) is 0 Å². The summed E-state index contributed by atoms with van der Waals surface area (Å²) < 4.78 is 4.98. The number of carboxylic acid groups (broad SMARTS) is 1. The summed E-state index contributed by atoms with van der Waals surface area (Å²) in [6, 6.07) is 3.15. The number of nitrogens with two attached hydrogens (primary N) is 1. The molecule has 0 fully saturated rings. The first-order chi connectivity index (χ1) is 7.60. The van der Waals surface area contributed by atoms with E-state index in [0.717, 1.165) is 11.3 Å². The van der Waals surface area contributed by atoms with Crippen LogP contribution >= 0.6 is 11.8 Å². The third-order valence-electron chi connectivity index (χ3n) is 2.15. The van der Waals surface area contributed by atoms with Crippen LogP contribution in [0.4, 0.5) is 5.69 Å². The molecule has 0 bridgehead atoms. The Kier molecular flexibility index (Phi) is 4.49. The minimum atomic E-state index is -1.00. The van der Waals surface area contributed by atoms with Gasteiger partial charge in [0.15, 0.2) is 0 Å². The second kappa shape index (κ2) is 5.65. The number of carbonyl (C=O) groups is 1. The van der Waals surface area contributed by atoms with Gasteiger partial charge in [0, 0.05) is 17.5 Å². The Morgan fingerprint density at radius 3 is 2.75 bits per heavy atom. The van der Waals surface area contributed by atoms with Crippen molar-refractivity contribution < 1.29 is 14.6 Å². The van der Waals surface area contributed by atoms with Crippen molar-refractivity contribution in [1.29, 1.82) is 0 Å². The van der Waals surface area contributed by atoms with Crippen LogP contribution in [0.25, 0.3) is 0 Å². The standard InChI is InChI=1S/C11H15NO3S/c1-3-16-6-7-4-8(11(13)14)10(15-2)5-9(7)12/h4-5H,3,6,12H2,1-2H3,(H,13,14). The summed E-state index contributed by atoms with van der Waals surface area (Å²) in [6.07, 6.45) is 0. The van der Waals surface area contributed by atoms with E-state index in [9.17, 15) is 4.79 Å². The molecular weight excluding hydrogens is 226 g/mol. The molecule has 88 valence electrons. The number of anilines is 1. The van der Waals surface area contributed by atoms with Gasteiger partial charge in [-0.25, -0.2) is 4.79 Å². The smallest absolute Gasteiger partial charge is 0.339 e. The van der Waals surface area contributed by atoms with Crippen molar-refractivity contribution in [2.45, 2.75) is 12.7 Å². The quantitative estimate of drug-likeness (QED) is 0.773. The number of carboxylic acids is 1. The predicted octanol–water partition coefficient (Wildman–Crippen LogP) is 2.23. The summed E-state index contributed by atoms with van der Waals surface area (Å²) in [4.78, 5) is 11.0. The minimum absolute atomic E-state index is 0.156. The zero-order chi connectivity index (χ0) is 12.1. The van der Waals surface area contributed by atoms with Crippen molar-refractivity contribution >= 4 is 23.4 Å². The van der Waals surface area contributed by atoms with Crippen LogP contribution in [-0.2, 0) is 5.75 Å². The van der Waals surface area contributed by atoms with Crippen molar-refractivity contribution in [2.24, 2.45) is 0 Å². The average Bonchev–Trinajstić information content (AvgIpc) is 2.26. The summed E-state index contributed by atoms with van der Waals surface area (Å²) >= 11 is 1.70. The number of methoxy groups -OCH3 is 1. The molecule has 3 N–H and O–H groups in total. The molecule has 0 heterocycles. The van der Waals surface area contributed by atoms with Crippen molar-refractivity contribution in [3.05, 3.63) is 23.3 Å². The van der Waals surface area contributed by atoms with E-state index < -0.39 is 5.97 Å². The van der Waals surface area contributed by atoms with Gasteiger partial charge in [0.2, 0.25) is 0 Å². The van der Waals surface area contributed by atoms with E-state index in [0.29, 0.717) is 17.2 Å². The van der Waals surface area contributed by atoms with Crippen LogP contribution in [0.15, 0.2) is 12.1 Å². The Hall–Kier alpha value is -1.36. The minimum Gasteiger partial charge on any atom is -0.496 e. The summed E-state index contributed by atoms with van der Waals surface area (Å²) in [5.74, 6) is 0.982. The molecule has 0 aliphatic carbocycles. The molecular formula is C11H15NO3S. The maximum absolute atomic E-state index is 11.0. The molecule has 5 heteroatoms.